The minimum atomic E-state index is -1.39. The summed E-state index contributed by atoms with van der Waals surface area (Å²) >= 11 is 12.0. The van der Waals surface area contributed by atoms with Crippen LogP contribution in [0.25, 0.3) is 0 Å². The largest absolute Gasteiger partial charge is 0.295 e. The lowest BCUT2D eigenvalue weighted by Crippen LogP contribution is -2.65. The average Bonchev–Trinajstić information content (AvgIpc) is 2.40. The first kappa shape index (κ1) is 15.1. The number of aliphatic imine (C=N–C) groups is 1. The summed E-state index contributed by atoms with van der Waals surface area (Å²) in [6, 6.07) is 0. The molecular weight excluding hydrogens is 283 g/mol. The van der Waals surface area contributed by atoms with Gasteiger partial charge in [0.2, 0.25) is 0 Å². The Bertz CT molecular complexity index is 355. The molecule has 2 aliphatic heterocycles. The van der Waals surface area contributed by atoms with Gasteiger partial charge in [-0.05, 0) is 12.8 Å². The third kappa shape index (κ3) is 3.63. The van der Waals surface area contributed by atoms with Gasteiger partial charge >= 0.3 is 0 Å². The van der Waals surface area contributed by atoms with Gasteiger partial charge < -0.3 is 0 Å². The van der Waals surface area contributed by atoms with Crippen molar-refractivity contribution in [1.82, 2.24) is 4.90 Å². The van der Waals surface area contributed by atoms with Crippen molar-refractivity contribution in [1.29, 1.82) is 0 Å². The number of halogens is 2. The van der Waals surface area contributed by atoms with Crippen LogP contribution in [0.2, 0.25) is 0 Å². The summed E-state index contributed by atoms with van der Waals surface area (Å²) in [5.41, 5.74) is 0. The minimum Gasteiger partial charge on any atom is -0.295 e. The number of amides is 1. The van der Waals surface area contributed by atoms with Crippen LogP contribution in [0.3, 0.4) is 0 Å². The highest BCUT2D eigenvalue weighted by Gasteiger charge is 2.56. The molecule has 108 valence electrons. The molecule has 0 spiro atoms. The number of alkyl halides is 2. The van der Waals surface area contributed by atoms with Crippen molar-refractivity contribution in [2.75, 3.05) is 13.1 Å². The number of hydrogen-bond donors (Lipinski definition) is 0. The first-order chi connectivity index (χ1) is 9.14. The molecule has 0 radical (unpaired) electrons. The number of nitrogens with zero attached hydrogens (tertiary/aromatic N) is 2. The number of β-lactam (4-membered cyclic amide) rings is 1. The van der Waals surface area contributed by atoms with E-state index >= 15 is 0 Å². The quantitative estimate of drug-likeness (QED) is 0.493. The molecule has 0 aromatic carbocycles. The Kier molecular flexibility index (Phi) is 5.52. The molecular formula is C14H22Cl2N2O. The molecule has 1 saturated heterocycles. The van der Waals surface area contributed by atoms with E-state index in [0.717, 1.165) is 25.8 Å². The third-order valence-electron chi connectivity index (χ3n) is 3.85. The monoisotopic (exact) mass is 304 g/mol. The zero-order valence-electron chi connectivity index (χ0n) is 11.3. The second kappa shape index (κ2) is 6.94. The Morgan fingerprint density at radius 3 is 2.05 bits per heavy atom. The molecule has 3 nitrogen and oxygen atoms in total. The Morgan fingerprint density at radius 2 is 1.42 bits per heavy atom. The Hall–Kier alpha value is -0.280. The summed E-state index contributed by atoms with van der Waals surface area (Å²) in [4.78, 5) is 17.9. The van der Waals surface area contributed by atoms with E-state index in [1.54, 1.807) is 4.90 Å². The van der Waals surface area contributed by atoms with Crippen molar-refractivity contribution in [2.45, 2.75) is 62.1 Å². The van der Waals surface area contributed by atoms with E-state index < -0.39 is 4.33 Å². The maximum absolute atomic E-state index is 11.8. The molecule has 0 aliphatic carbocycles. The standard InChI is InChI=1S/C14H22Cl2N2O/c15-14(16)12-17-10-8-6-4-2-1-3-5-7-9-11-18(12)13(14)19/h1-11H2. The van der Waals surface area contributed by atoms with Crippen LogP contribution in [0, 0.1) is 0 Å². The van der Waals surface area contributed by atoms with Crippen LogP contribution in [-0.4, -0.2) is 34.1 Å². The zero-order valence-corrected chi connectivity index (χ0v) is 12.8. The molecule has 19 heavy (non-hydrogen) atoms. The van der Waals surface area contributed by atoms with Crippen LogP contribution in [0.5, 0.6) is 0 Å². The topological polar surface area (TPSA) is 32.7 Å². The van der Waals surface area contributed by atoms with Crippen molar-refractivity contribution in [3.05, 3.63) is 0 Å². The van der Waals surface area contributed by atoms with E-state index in [2.05, 4.69) is 4.99 Å². The van der Waals surface area contributed by atoms with E-state index in [9.17, 15) is 4.79 Å². The highest BCUT2D eigenvalue weighted by Crippen LogP contribution is 2.37. The van der Waals surface area contributed by atoms with Gasteiger partial charge in [-0.1, -0.05) is 68.1 Å². The molecule has 0 unspecified atom stereocenters. The number of hydrogen-bond acceptors (Lipinski definition) is 2. The molecule has 1 fully saturated rings. The lowest BCUT2D eigenvalue weighted by molar-refractivity contribution is -0.131. The first-order valence-corrected chi connectivity index (χ1v) is 8.14. The molecule has 5 heteroatoms. The highest BCUT2D eigenvalue weighted by molar-refractivity contribution is 6.73. The van der Waals surface area contributed by atoms with Gasteiger partial charge in [0.15, 0.2) is 5.84 Å². The Balaban J connectivity index is 1.95. The lowest BCUT2D eigenvalue weighted by atomic mass is 10.0. The molecule has 1 amide bonds. The normalized spacial score (nSPS) is 25.9. The molecule has 0 aromatic rings. The zero-order chi connectivity index (χ0) is 13.7. The predicted octanol–water partition coefficient (Wildman–Crippen LogP) is 3.93. The number of carbonyl (C=O) groups is 1. The maximum atomic E-state index is 11.8. The molecule has 0 bridgehead atoms. The van der Waals surface area contributed by atoms with E-state index in [-0.39, 0.29) is 5.91 Å². The second-order valence-corrected chi connectivity index (χ2v) is 6.75. The second-order valence-electron chi connectivity index (χ2n) is 5.42. The highest BCUT2D eigenvalue weighted by atomic mass is 35.5. The van der Waals surface area contributed by atoms with Crippen molar-refractivity contribution in [3.8, 4) is 0 Å². The molecule has 2 rings (SSSR count). The summed E-state index contributed by atoms with van der Waals surface area (Å²) in [6.07, 6.45) is 10.9. The average molecular weight is 305 g/mol. The predicted molar refractivity (Wildman–Crippen MR) is 80.0 cm³/mol. The van der Waals surface area contributed by atoms with Gasteiger partial charge in [-0.15, -0.1) is 0 Å². The smallest absolute Gasteiger partial charge is 0.272 e. The first-order valence-electron chi connectivity index (χ1n) is 7.39. The number of amidine groups is 1. The fourth-order valence-electron chi connectivity index (χ4n) is 2.67. The van der Waals surface area contributed by atoms with Crippen molar-refractivity contribution >= 4 is 34.9 Å². The van der Waals surface area contributed by atoms with Crippen molar-refractivity contribution in [2.24, 2.45) is 4.99 Å². The molecule has 2 heterocycles. The number of rotatable bonds is 0. The summed E-state index contributed by atoms with van der Waals surface area (Å²) in [7, 11) is 0. The van der Waals surface area contributed by atoms with Gasteiger partial charge in [-0.25, -0.2) is 0 Å². The van der Waals surface area contributed by atoms with E-state index in [1.165, 1.54) is 38.5 Å². The van der Waals surface area contributed by atoms with Crippen molar-refractivity contribution < 1.29 is 4.79 Å². The van der Waals surface area contributed by atoms with Crippen molar-refractivity contribution in [3.63, 3.8) is 0 Å². The fraction of sp³-hybridized carbons (Fsp3) is 0.857. The van der Waals surface area contributed by atoms with Crippen LogP contribution < -0.4 is 0 Å². The maximum Gasteiger partial charge on any atom is 0.272 e. The molecule has 0 N–H and O–H groups in total. The summed E-state index contributed by atoms with van der Waals surface area (Å²) in [5.74, 6) is 0.361. The van der Waals surface area contributed by atoms with Gasteiger partial charge in [-0.2, -0.15) is 0 Å². The third-order valence-corrected chi connectivity index (χ3v) is 4.51. The summed E-state index contributed by atoms with van der Waals surface area (Å²) < 4.78 is -1.39. The molecule has 0 aromatic heterocycles. The molecule has 2 aliphatic rings. The van der Waals surface area contributed by atoms with E-state index in [4.69, 9.17) is 23.2 Å². The summed E-state index contributed by atoms with van der Waals surface area (Å²) in [6.45, 7) is 1.43. The van der Waals surface area contributed by atoms with Crippen LogP contribution in [0.1, 0.15) is 57.8 Å². The number of fused-ring (bicyclic) bond motifs is 1. The van der Waals surface area contributed by atoms with Gasteiger partial charge in [0, 0.05) is 13.1 Å². The Labute approximate surface area is 125 Å². The van der Waals surface area contributed by atoms with Gasteiger partial charge in [-0.3, -0.25) is 14.7 Å². The lowest BCUT2D eigenvalue weighted by Gasteiger charge is -2.42. The SMILES string of the molecule is O=C1N2CCCCCCCCCCCN=C2C1(Cl)Cl. The van der Waals surface area contributed by atoms with E-state index in [1.807, 2.05) is 0 Å². The van der Waals surface area contributed by atoms with Crippen LogP contribution >= 0.6 is 23.2 Å². The molecule has 0 atom stereocenters. The minimum absolute atomic E-state index is 0.207. The van der Waals surface area contributed by atoms with Crippen LogP contribution in [0.15, 0.2) is 4.99 Å². The fourth-order valence-corrected chi connectivity index (χ4v) is 3.20. The van der Waals surface area contributed by atoms with Crippen LogP contribution in [-0.2, 0) is 4.79 Å². The number of carbonyl (C=O) groups excluding carboxylic acids is 1. The van der Waals surface area contributed by atoms with Gasteiger partial charge in [0.05, 0.1) is 0 Å². The van der Waals surface area contributed by atoms with Gasteiger partial charge in [0.25, 0.3) is 10.2 Å². The Morgan fingerprint density at radius 1 is 0.895 bits per heavy atom. The summed E-state index contributed by atoms with van der Waals surface area (Å²) in [5, 5.41) is 0. The van der Waals surface area contributed by atoms with Gasteiger partial charge in [0.1, 0.15) is 0 Å². The van der Waals surface area contributed by atoms with Crippen LogP contribution in [0.4, 0.5) is 0 Å². The van der Waals surface area contributed by atoms with E-state index in [0.29, 0.717) is 12.4 Å². The molecule has 0 saturated carbocycles.